The molecule has 0 fully saturated rings. The van der Waals surface area contributed by atoms with Gasteiger partial charge in [-0.05, 0) is 83.0 Å². The van der Waals surface area contributed by atoms with Gasteiger partial charge in [-0.25, -0.2) is 4.79 Å². The maximum absolute atomic E-state index is 14.0. The van der Waals surface area contributed by atoms with Gasteiger partial charge in [0.1, 0.15) is 5.75 Å². The Bertz CT molecular complexity index is 2050. The Kier molecular flexibility index (Phi) is 12.7. The molecule has 53 heavy (non-hydrogen) atoms. The van der Waals surface area contributed by atoms with Gasteiger partial charge in [0.05, 0.1) is 18.3 Å². The fraction of sp³-hybridized carbons (Fsp3) is 0.214. The highest BCUT2D eigenvalue weighted by Crippen LogP contribution is 2.35. The Balaban J connectivity index is 0.000000705. The summed E-state index contributed by atoms with van der Waals surface area (Å²) in [6.45, 7) is 2.83. The van der Waals surface area contributed by atoms with E-state index in [0.29, 0.717) is 30.3 Å². The number of carboxylic acids is 1. The van der Waals surface area contributed by atoms with E-state index in [1.54, 1.807) is 4.90 Å². The number of anilines is 1. The number of para-hydroxylation sites is 2. The van der Waals surface area contributed by atoms with E-state index in [4.69, 9.17) is 20.4 Å². The van der Waals surface area contributed by atoms with E-state index in [1.165, 1.54) is 22.3 Å². The Morgan fingerprint density at radius 1 is 0.849 bits per heavy atom. The number of amides is 2. The van der Waals surface area contributed by atoms with Crippen LogP contribution in [-0.2, 0) is 33.9 Å². The SMILES string of the molecule is Cc1ccccc1-c1ccc(CN(C(=O)CCC(=O)NC2CCc3ccccc32)c2ccccc2Oc2cccc(CN)c2)cc1.O=C(O)C(F)(F)F. The van der Waals surface area contributed by atoms with Crippen molar-refractivity contribution in [2.24, 2.45) is 5.73 Å². The number of benzene rings is 5. The van der Waals surface area contributed by atoms with Gasteiger partial charge in [0.15, 0.2) is 5.75 Å². The number of nitrogens with two attached hydrogens (primary N) is 1. The molecule has 0 aliphatic heterocycles. The van der Waals surface area contributed by atoms with Crippen molar-refractivity contribution >= 4 is 23.5 Å². The van der Waals surface area contributed by atoms with Crippen LogP contribution in [-0.4, -0.2) is 29.1 Å². The predicted octanol–water partition coefficient (Wildman–Crippen LogP) is 8.66. The molecule has 0 saturated heterocycles. The maximum Gasteiger partial charge on any atom is 0.490 e. The van der Waals surface area contributed by atoms with E-state index in [-0.39, 0.29) is 30.7 Å². The van der Waals surface area contributed by atoms with E-state index in [0.717, 1.165) is 29.5 Å². The molecule has 1 atom stereocenters. The summed E-state index contributed by atoms with van der Waals surface area (Å²) < 4.78 is 38.1. The number of alkyl halides is 3. The first-order valence-corrected chi connectivity index (χ1v) is 17.1. The van der Waals surface area contributed by atoms with E-state index in [2.05, 4.69) is 60.8 Å². The lowest BCUT2D eigenvalue weighted by atomic mass is 9.99. The van der Waals surface area contributed by atoms with Crippen LogP contribution in [0.5, 0.6) is 11.5 Å². The van der Waals surface area contributed by atoms with Crippen molar-refractivity contribution in [1.82, 2.24) is 5.32 Å². The summed E-state index contributed by atoms with van der Waals surface area (Å²) in [4.78, 5) is 37.7. The van der Waals surface area contributed by atoms with Crippen molar-refractivity contribution in [3.63, 3.8) is 0 Å². The molecule has 0 saturated carbocycles. The first-order valence-electron chi connectivity index (χ1n) is 17.1. The van der Waals surface area contributed by atoms with Crippen molar-refractivity contribution in [2.45, 2.75) is 57.9 Å². The number of halogens is 3. The van der Waals surface area contributed by atoms with Crippen LogP contribution in [0.15, 0.2) is 121 Å². The Morgan fingerprint density at radius 2 is 1.53 bits per heavy atom. The summed E-state index contributed by atoms with van der Waals surface area (Å²) in [6.07, 6.45) is -3.10. The third kappa shape index (κ3) is 10.3. The molecule has 0 bridgehead atoms. The highest BCUT2D eigenvalue weighted by atomic mass is 19.4. The van der Waals surface area contributed by atoms with Crippen LogP contribution in [0.25, 0.3) is 11.1 Å². The molecule has 4 N–H and O–H groups in total. The molecule has 0 spiro atoms. The number of ether oxygens (including phenoxy) is 1. The van der Waals surface area contributed by atoms with Crippen LogP contribution >= 0.6 is 0 Å². The monoisotopic (exact) mass is 723 g/mol. The lowest BCUT2D eigenvalue weighted by molar-refractivity contribution is -0.192. The highest BCUT2D eigenvalue weighted by Gasteiger charge is 2.38. The summed E-state index contributed by atoms with van der Waals surface area (Å²) in [6, 6.07) is 39.9. The lowest BCUT2D eigenvalue weighted by Gasteiger charge is -2.26. The topological polar surface area (TPSA) is 122 Å². The molecule has 1 aliphatic carbocycles. The van der Waals surface area contributed by atoms with Crippen LogP contribution in [0.3, 0.4) is 0 Å². The van der Waals surface area contributed by atoms with Crippen molar-refractivity contribution in [1.29, 1.82) is 0 Å². The third-order valence-electron chi connectivity index (χ3n) is 8.85. The molecular weight excluding hydrogens is 683 g/mol. The van der Waals surface area contributed by atoms with Gasteiger partial charge in [-0.1, -0.05) is 97.1 Å². The minimum absolute atomic E-state index is 0.0138. The number of fused-ring (bicyclic) bond motifs is 1. The molecule has 5 aromatic carbocycles. The number of hydrogen-bond donors (Lipinski definition) is 3. The van der Waals surface area contributed by atoms with Crippen molar-refractivity contribution < 1.29 is 37.4 Å². The first-order chi connectivity index (χ1) is 25.4. The third-order valence-corrected chi connectivity index (χ3v) is 8.85. The summed E-state index contributed by atoms with van der Waals surface area (Å²) in [5, 5.41) is 10.3. The molecule has 1 unspecified atom stereocenters. The minimum Gasteiger partial charge on any atom is -0.475 e. The van der Waals surface area contributed by atoms with Gasteiger partial charge >= 0.3 is 12.1 Å². The summed E-state index contributed by atoms with van der Waals surface area (Å²) in [5.74, 6) is -1.85. The molecule has 0 heterocycles. The second-order valence-electron chi connectivity index (χ2n) is 12.6. The van der Waals surface area contributed by atoms with Crippen molar-refractivity contribution in [3.8, 4) is 22.6 Å². The molecule has 5 aromatic rings. The summed E-state index contributed by atoms with van der Waals surface area (Å²) in [5.41, 5.74) is 14.4. The number of hydrogen-bond acceptors (Lipinski definition) is 5. The Morgan fingerprint density at radius 3 is 2.25 bits per heavy atom. The van der Waals surface area contributed by atoms with Crippen LogP contribution in [0, 0.1) is 6.92 Å². The lowest BCUT2D eigenvalue weighted by Crippen LogP contribution is -2.33. The fourth-order valence-electron chi connectivity index (χ4n) is 6.14. The average molecular weight is 724 g/mol. The largest absolute Gasteiger partial charge is 0.490 e. The quantitative estimate of drug-likeness (QED) is 0.125. The smallest absolute Gasteiger partial charge is 0.475 e. The Hall–Kier alpha value is -5.94. The van der Waals surface area contributed by atoms with Gasteiger partial charge in [0.25, 0.3) is 0 Å². The van der Waals surface area contributed by atoms with Crippen molar-refractivity contribution in [2.75, 3.05) is 4.90 Å². The van der Waals surface area contributed by atoms with Crippen LogP contribution in [0.2, 0.25) is 0 Å². The molecule has 6 rings (SSSR count). The fourth-order valence-corrected chi connectivity index (χ4v) is 6.14. The second kappa shape index (κ2) is 17.5. The van der Waals surface area contributed by atoms with Gasteiger partial charge in [0.2, 0.25) is 11.8 Å². The molecule has 274 valence electrons. The second-order valence-corrected chi connectivity index (χ2v) is 12.6. The number of carboxylic acid groups (broad SMARTS) is 1. The number of aryl methyl sites for hydroxylation is 2. The van der Waals surface area contributed by atoms with E-state index >= 15 is 0 Å². The van der Waals surface area contributed by atoms with Gasteiger partial charge in [-0.3, -0.25) is 9.59 Å². The minimum atomic E-state index is -5.08. The normalized spacial score (nSPS) is 13.3. The van der Waals surface area contributed by atoms with Gasteiger partial charge in [-0.2, -0.15) is 13.2 Å². The molecule has 11 heteroatoms. The highest BCUT2D eigenvalue weighted by molar-refractivity contribution is 5.96. The van der Waals surface area contributed by atoms with E-state index in [9.17, 15) is 22.8 Å². The van der Waals surface area contributed by atoms with E-state index < -0.39 is 12.1 Å². The predicted molar refractivity (Wildman–Crippen MR) is 197 cm³/mol. The standard InChI is InChI=1S/C40H39N3O3.C2HF3O2/c1-28-9-2-4-13-34(28)32-19-17-29(18-20-32)27-43(37-15-6-7-16-38(37)46-33-12-8-10-30(25-33)26-41)40(45)24-23-39(44)42-36-22-21-31-11-3-5-14-35(31)36;3-2(4,5)1(6)7/h2-20,25,36H,21-24,26-27,41H2,1H3,(H,42,44);(H,6,7). The number of rotatable bonds is 11. The average Bonchev–Trinajstić information content (AvgIpc) is 3.56. The molecule has 2 amide bonds. The number of nitrogens with zero attached hydrogens (tertiary/aromatic N) is 1. The molecule has 0 aromatic heterocycles. The van der Waals surface area contributed by atoms with Crippen molar-refractivity contribution in [3.05, 3.63) is 149 Å². The van der Waals surface area contributed by atoms with E-state index in [1.807, 2.05) is 72.8 Å². The molecule has 1 aliphatic rings. The zero-order chi connectivity index (χ0) is 38.0. The first kappa shape index (κ1) is 38.3. The number of aliphatic carboxylic acids is 1. The number of nitrogens with one attached hydrogen (secondary N) is 1. The molecule has 0 radical (unpaired) electrons. The molecular formula is C42H40F3N3O5. The molecule has 8 nitrogen and oxygen atoms in total. The summed E-state index contributed by atoms with van der Waals surface area (Å²) >= 11 is 0. The van der Waals surface area contributed by atoms with Crippen LogP contribution in [0.4, 0.5) is 18.9 Å². The van der Waals surface area contributed by atoms with Gasteiger partial charge < -0.3 is 25.8 Å². The maximum atomic E-state index is 14.0. The number of carbonyl (C=O) groups excluding carboxylic acids is 2. The Labute approximate surface area is 306 Å². The zero-order valence-corrected chi connectivity index (χ0v) is 29.1. The van der Waals surface area contributed by atoms with Gasteiger partial charge in [-0.15, -0.1) is 0 Å². The zero-order valence-electron chi connectivity index (χ0n) is 29.1. The van der Waals surface area contributed by atoms with Crippen LogP contribution < -0.4 is 20.7 Å². The summed E-state index contributed by atoms with van der Waals surface area (Å²) in [7, 11) is 0. The number of carbonyl (C=O) groups is 3. The van der Waals surface area contributed by atoms with Crippen LogP contribution in [0.1, 0.15) is 53.1 Å². The van der Waals surface area contributed by atoms with Gasteiger partial charge in [0, 0.05) is 19.4 Å².